The molecule has 0 aliphatic rings. The molecule has 1 unspecified atom stereocenters. The van der Waals surface area contributed by atoms with Gasteiger partial charge in [0.05, 0.1) is 33.7 Å². The van der Waals surface area contributed by atoms with Gasteiger partial charge < -0.3 is 19.7 Å². The molecule has 0 aliphatic carbocycles. The van der Waals surface area contributed by atoms with E-state index in [0.29, 0.717) is 17.4 Å². The van der Waals surface area contributed by atoms with Gasteiger partial charge in [-0.2, -0.15) is 0 Å². The van der Waals surface area contributed by atoms with Crippen LogP contribution in [0, 0.1) is 5.92 Å². The first-order valence-electron chi connectivity index (χ1n) is 6.58. The van der Waals surface area contributed by atoms with E-state index in [2.05, 4.69) is 5.32 Å². The third-order valence-electron chi connectivity index (χ3n) is 3.22. The summed E-state index contributed by atoms with van der Waals surface area (Å²) in [5.74, 6) is -0.856. The molecule has 0 radical (unpaired) electrons. The number of hydrogen-bond acceptors (Lipinski definition) is 3. The van der Waals surface area contributed by atoms with Crippen molar-refractivity contribution in [3.8, 4) is 0 Å². The second-order valence-electron chi connectivity index (χ2n) is 5.46. The highest BCUT2D eigenvalue weighted by Gasteiger charge is 2.16. The maximum Gasteiger partial charge on any atom is 0.223 e. The Morgan fingerprint density at radius 3 is 2.39 bits per heavy atom. The molecule has 0 bridgehead atoms. The first kappa shape index (κ1) is 16.9. The second-order valence-corrected chi connectivity index (χ2v) is 5.46. The lowest BCUT2D eigenvalue weighted by Gasteiger charge is -2.30. The lowest BCUT2D eigenvalue weighted by Crippen LogP contribution is -2.46. The monoisotopic (exact) mass is 258 g/mol. The van der Waals surface area contributed by atoms with E-state index in [-0.39, 0.29) is 18.2 Å². The van der Waals surface area contributed by atoms with Crippen molar-refractivity contribution in [3.05, 3.63) is 0 Å². The Kier molecular flexibility index (Phi) is 7.59. The molecule has 5 nitrogen and oxygen atoms in total. The molecule has 1 atom stereocenters. The summed E-state index contributed by atoms with van der Waals surface area (Å²) in [4.78, 5) is 21.9. The summed E-state index contributed by atoms with van der Waals surface area (Å²) in [5, 5.41) is 13.2. The van der Waals surface area contributed by atoms with Crippen LogP contribution in [-0.4, -0.2) is 50.1 Å². The first-order chi connectivity index (χ1) is 8.28. The minimum atomic E-state index is -1.000. The summed E-state index contributed by atoms with van der Waals surface area (Å²) in [6, 6.07) is 0. The van der Waals surface area contributed by atoms with Crippen molar-refractivity contribution >= 4 is 11.9 Å². The summed E-state index contributed by atoms with van der Waals surface area (Å²) in [5.41, 5.74) is 0. The van der Waals surface area contributed by atoms with Crippen LogP contribution in [0.25, 0.3) is 0 Å². The average Bonchev–Trinajstić information content (AvgIpc) is 2.26. The van der Waals surface area contributed by atoms with Gasteiger partial charge in [0.25, 0.3) is 0 Å². The van der Waals surface area contributed by atoms with Crippen LogP contribution < -0.4 is 10.4 Å². The Hall–Kier alpha value is -1.10. The van der Waals surface area contributed by atoms with Crippen LogP contribution in [0.2, 0.25) is 0 Å². The number of rotatable bonds is 9. The quantitative estimate of drug-likeness (QED) is 0.580. The van der Waals surface area contributed by atoms with Gasteiger partial charge in [-0.1, -0.05) is 13.8 Å². The van der Waals surface area contributed by atoms with Crippen molar-refractivity contribution in [3.63, 3.8) is 0 Å². The van der Waals surface area contributed by atoms with E-state index in [1.165, 1.54) is 0 Å². The minimum Gasteiger partial charge on any atom is -0.550 e. The largest absolute Gasteiger partial charge is 0.550 e. The van der Waals surface area contributed by atoms with E-state index in [1.54, 1.807) is 0 Å². The predicted octanol–water partition coefficient (Wildman–Crippen LogP) is -0.245. The van der Waals surface area contributed by atoms with Crippen LogP contribution in [0.3, 0.4) is 0 Å². The number of nitrogens with zero attached hydrogens (tertiary/aromatic N) is 1. The third kappa shape index (κ3) is 8.06. The van der Waals surface area contributed by atoms with Gasteiger partial charge in [-0.05, 0) is 12.8 Å². The fourth-order valence-electron chi connectivity index (χ4n) is 1.60. The number of amides is 1. The van der Waals surface area contributed by atoms with Gasteiger partial charge in [0.15, 0.2) is 0 Å². The molecule has 0 spiro atoms. The Morgan fingerprint density at radius 2 is 1.89 bits per heavy atom. The number of carboxylic acid groups (broad SMARTS) is 1. The fourth-order valence-corrected chi connectivity index (χ4v) is 1.60. The molecule has 0 heterocycles. The summed E-state index contributed by atoms with van der Waals surface area (Å²) in [7, 11) is 4.06. The molecule has 0 aromatic heterocycles. The average molecular weight is 258 g/mol. The number of carboxylic acids is 1. The summed E-state index contributed by atoms with van der Waals surface area (Å²) < 4.78 is 0.702. The molecule has 0 saturated heterocycles. The number of quaternary nitrogens is 1. The predicted molar refractivity (Wildman–Crippen MR) is 68.5 cm³/mol. The highest BCUT2D eigenvalue weighted by Crippen LogP contribution is 2.02. The Morgan fingerprint density at radius 1 is 1.28 bits per heavy atom. The van der Waals surface area contributed by atoms with Gasteiger partial charge in [-0.15, -0.1) is 0 Å². The van der Waals surface area contributed by atoms with Gasteiger partial charge in [-0.3, -0.25) is 4.79 Å². The van der Waals surface area contributed by atoms with E-state index in [1.807, 2.05) is 27.9 Å². The summed E-state index contributed by atoms with van der Waals surface area (Å²) in [6.07, 6.45) is 1.55. The Bertz CT molecular complexity index is 277. The van der Waals surface area contributed by atoms with E-state index in [9.17, 15) is 14.7 Å². The lowest BCUT2D eigenvalue weighted by molar-refractivity contribution is -0.889. The van der Waals surface area contributed by atoms with Crippen LogP contribution >= 0.6 is 0 Å². The molecular weight excluding hydrogens is 232 g/mol. The highest BCUT2D eigenvalue weighted by atomic mass is 16.4. The lowest BCUT2D eigenvalue weighted by atomic mass is 10.1. The van der Waals surface area contributed by atoms with Crippen LogP contribution in [-0.2, 0) is 9.59 Å². The molecule has 5 heteroatoms. The van der Waals surface area contributed by atoms with E-state index in [4.69, 9.17) is 0 Å². The molecule has 0 fully saturated rings. The summed E-state index contributed by atoms with van der Waals surface area (Å²) in [6.45, 7) is 6.10. The number of nitrogens with one attached hydrogen (secondary N) is 1. The number of carbonyl (C=O) groups excluding carboxylic acids is 2. The van der Waals surface area contributed by atoms with Crippen molar-refractivity contribution < 1.29 is 19.2 Å². The molecule has 106 valence electrons. The molecular formula is C13H26N2O3. The van der Waals surface area contributed by atoms with E-state index < -0.39 is 5.97 Å². The van der Waals surface area contributed by atoms with Crippen molar-refractivity contribution in [2.45, 2.75) is 33.1 Å². The summed E-state index contributed by atoms with van der Waals surface area (Å²) >= 11 is 0. The molecule has 18 heavy (non-hydrogen) atoms. The van der Waals surface area contributed by atoms with Crippen molar-refractivity contribution in [2.75, 3.05) is 33.7 Å². The van der Waals surface area contributed by atoms with Gasteiger partial charge in [0.2, 0.25) is 5.91 Å². The van der Waals surface area contributed by atoms with Crippen LogP contribution in [0.4, 0.5) is 0 Å². The zero-order chi connectivity index (χ0) is 14.2. The topological polar surface area (TPSA) is 69.2 Å². The molecule has 0 aromatic carbocycles. The number of aliphatic carboxylic acids is 1. The highest BCUT2D eigenvalue weighted by molar-refractivity contribution is 5.78. The molecule has 0 rings (SSSR count). The zero-order valence-electron chi connectivity index (χ0n) is 12.0. The fraction of sp³-hybridized carbons (Fsp3) is 0.846. The van der Waals surface area contributed by atoms with Crippen molar-refractivity contribution in [1.82, 2.24) is 5.32 Å². The van der Waals surface area contributed by atoms with Gasteiger partial charge in [0.1, 0.15) is 0 Å². The smallest absolute Gasteiger partial charge is 0.223 e. The Balaban J connectivity index is 3.82. The van der Waals surface area contributed by atoms with Crippen LogP contribution in [0.5, 0.6) is 0 Å². The van der Waals surface area contributed by atoms with Gasteiger partial charge in [-0.25, -0.2) is 0 Å². The van der Waals surface area contributed by atoms with Gasteiger partial charge in [0, 0.05) is 18.3 Å². The van der Waals surface area contributed by atoms with Crippen LogP contribution in [0.15, 0.2) is 0 Å². The molecule has 1 amide bonds. The van der Waals surface area contributed by atoms with Gasteiger partial charge >= 0.3 is 0 Å². The number of carbonyl (C=O) groups is 2. The first-order valence-corrected chi connectivity index (χ1v) is 6.58. The maximum absolute atomic E-state index is 11.6. The normalized spacial score (nSPS) is 13.1. The minimum absolute atomic E-state index is 0.0543. The van der Waals surface area contributed by atoms with E-state index >= 15 is 0 Å². The number of likely N-dealkylation sites (N-methyl/N-ethyl adjacent to an activating group) is 1. The maximum atomic E-state index is 11.6. The van der Waals surface area contributed by atoms with Crippen molar-refractivity contribution in [2.24, 2.45) is 5.92 Å². The van der Waals surface area contributed by atoms with E-state index in [0.717, 1.165) is 19.5 Å². The molecule has 1 N–H and O–H groups in total. The van der Waals surface area contributed by atoms with Crippen molar-refractivity contribution in [1.29, 1.82) is 0 Å². The second kappa shape index (κ2) is 8.08. The van der Waals surface area contributed by atoms with Crippen LogP contribution in [0.1, 0.15) is 33.1 Å². The molecule has 0 aliphatic heterocycles. The Labute approximate surface area is 110 Å². The molecule has 0 saturated carbocycles. The SMILES string of the molecule is CCC(C)C(=O)NCC[N+](C)(C)CCCC(=O)[O-]. The standard InChI is InChI=1S/C13H26N2O3/c1-5-11(2)13(18)14-8-10-15(3,4)9-6-7-12(16)17/h11H,5-10H2,1-4H3,(H-,14,16,17,18). The third-order valence-corrected chi connectivity index (χ3v) is 3.22. The number of hydrogen-bond donors (Lipinski definition) is 1. The molecule has 0 aromatic rings. The zero-order valence-corrected chi connectivity index (χ0v) is 12.0.